The van der Waals surface area contributed by atoms with Crippen LogP contribution in [0.2, 0.25) is 0 Å². The molecule has 0 saturated heterocycles. The third kappa shape index (κ3) is 3.67. The van der Waals surface area contributed by atoms with Crippen molar-refractivity contribution in [3.63, 3.8) is 0 Å². The average Bonchev–Trinajstić information content (AvgIpc) is 3.20. The summed E-state index contributed by atoms with van der Waals surface area (Å²) in [5.41, 5.74) is 10.2. The first kappa shape index (κ1) is 19.4. The van der Waals surface area contributed by atoms with Crippen LogP contribution in [-0.4, -0.2) is 35.9 Å². The largest absolute Gasteiger partial charge is 0.493 e. The summed E-state index contributed by atoms with van der Waals surface area (Å²) in [5, 5.41) is 8.03. The van der Waals surface area contributed by atoms with Gasteiger partial charge < -0.3 is 25.3 Å². The molecule has 0 aliphatic carbocycles. The van der Waals surface area contributed by atoms with Gasteiger partial charge in [0.25, 0.3) is 0 Å². The molecule has 0 fully saturated rings. The number of imidazole rings is 1. The molecule has 30 heavy (non-hydrogen) atoms. The molecule has 8 heteroatoms. The smallest absolute Gasteiger partial charge is 0.203 e. The first-order valence-electron chi connectivity index (χ1n) is 9.36. The van der Waals surface area contributed by atoms with Gasteiger partial charge >= 0.3 is 0 Å². The van der Waals surface area contributed by atoms with Gasteiger partial charge in [0.15, 0.2) is 17.1 Å². The number of ether oxygens (including phenoxy) is 3. The van der Waals surface area contributed by atoms with E-state index in [9.17, 15) is 0 Å². The second-order valence-electron chi connectivity index (χ2n) is 6.64. The van der Waals surface area contributed by atoms with Crippen LogP contribution in [-0.2, 0) is 6.54 Å². The number of nitrogens with one attached hydrogen (secondary N) is 1. The highest BCUT2D eigenvalue weighted by atomic mass is 16.5. The highest BCUT2D eigenvalue weighted by Crippen LogP contribution is 2.38. The van der Waals surface area contributed by atoms with Gasteiger partial charge in [0, 0.05) is 17.8 Å². The first-order valence-corrected chi connectivity index (χ1v) is 9.36. The van der Waals surface area contributed by atoms with Crippen molar-refractivity contribution in [2.45, 2.75) is 6.54 Å². The summed E-state index contributed by atoms with van der Waals surface area (Å²) in [5.74, 6) is 2.49. The summed E-state index contributed by atoms with van der Waals surface area (Å²) in [7, 11) is 4.78. The predicted octanol–water partition coefficient (Wildman–Crippen LogP) is 3.62. The van der Waals surface area contributed by atoms with E-state index in [-0.39, 0.29) is 0 Å². The van der Waals surface area contributed by atoms with E-state index in [1.807, 2.05) is 48.5 Å². The molecular formula is C22H23N5O3. The SMILES string of the molecule is COc1cc(CNc2ccc3ncc(-c4cccc(N)c4)n3n2)cc(OC)c1OC. The van der Waals surface area contributed by atoms with Gasteiger partial charge in [-0.2, -0.15) is 0 Å². The van der Waals surface area contributed by atoms with Crippen molar-refractivity contribution in [2.75, 3.05) is 32.4 Å². The fourth-order valence-corrected chi connectivity index (χ4v) is 3.29. The van der Waals surface area contributed by atoms with Crippen molar-refractivity contribution in [2.24, 2.45) is 0 Å². The fourth-order valence-electron chi connectivity index (χ4n) is 3.29. The van der Waals surface area contributed by atoms with E-state index in [1.54, 1.807) is 32.0 Å². The van der Waals surface area contributed by atoms with Crippen LogP contribution in [0.3, 0.4) is 0 Å². The Kier molecular flexibility index (Phi) is 5.30. The van der Waals surface area contributed by atoms with Crippen LogP contribution in [0.25, 0.3) is 16.9 Å². The van der Waals surface area contributed by atoms with Crippen LogP contribution in [0.4, 0.5) is 11.5 Å². The third-order valence-electron chi connectivity index (χ3n) is 4.74. The van der Waals surface area contributed by atoms with E-state index in [2.05, 4.69) is 10.3 Å². The van der Waals surface area contributed by atoms with Crippen molar-refractivity contribution < 1.29 is 14.2 Å². The highest BCUT2D eigenvalue weighted by Gasteiger charge is 2.13. The second-order valence-corrected chi connectivity index (χ2v) is 6.64. The van der Waals surface area contributed by atoms with E-state index in [0.29, 0.717) is 35.3 Å². The zero-order chi connectivity index (χ0) is 21.1. The molecule has 4 rings (SSSR count). The Morgan fingerprint density at radius 1 is 0.967 bits per heavy atom. The molecule has 0 amide bonds. The van der Waals surface area contributed by atoms with Gasteiger partial charge in [-0.25, -0.2) is 9.50 Å². The minimum absolute atomic E-state index is 0.525. The highest BCUT2D eigenvalue weighted by molar-refractivity contribution is 5.67. The Morgan fingerprint density at radius 2 is 1.73 bits per heavy atom. The Bertz CT molecular complexity index is 1160. The predicted molar refractivity (Wildman–Crippen MR) is 116 cm³/mol. The number of hydrogen-bond acceptors (Lipinski definition) is 7. The molecule has 0 aliphatic heterocycles. The van der Waals surface area contributed by atoms with Crippen LogP contribution in [0, 0.1) is 0 Å². The van der Waals surface area contributed by atoms with E-state index in [4.69, 9.17) is 25.0 Å². The number of benzene rings is 2. The van der Waals surface area contributed by atoms with Crippen molar-refractivity contribution in [3.05, 3.63) is 60.3 Å². The van der Waals surface area contributed by atoms with Crippen LogP contribution >= 0.6 is 0 Å². The lowest BCUT2D eigenvalue weighted by atomic mass is 10.1. The zero-order valence-electron chi connectivity index (χ0n) is 17.0. The number of nitrogens with two attached hydrogens (primary N) is 1. The molecule has 2 aromatic heterocycles. The summed E-state index contributed by atoms with van der Waals surface area (Å²) >= 11 is 0. The molecule has 154 valence electrons. The third-order valence-corrected chi connectivity index (χ3v) is 4.74. The zero-order valence-corrected chi connectivity index (χ0v) is 17.0. The number of anilines is 2. The lowest BCUT2D eigenvalue weighted by Gasteiger charge is -2.14. The fraction of sp³-hybridized carbons (Fsp3) is 0.182. The van der Waals surface area contributed by atoms with Gasteiger partial charge in [-0.15, -0.1) is 5.10 Å². The Morgan fingerprint density at radius 3 is 2.40 bits per heavy atom. The lowest BCUT2D eigenvalue weighted by Crippen LogP contribution is -2.06. The van der Waals surface area contributed by atoms with Gasteiger partial charge in [-0.1, -0.05) is 12.1 Å². The summed E-state index contributed by atoms with van der Waals surface area (Å²) in [6.07, 6.45) is 1.79. The molecule has 3 N–H and O–H groups in total. The molecule has 2 aromatic carbocycles. The van der Waals surface area contributed by atoms with E-state index < -0.39 is 0 Å². The molecule has 0 bridgehead atoms. The maximum absolute atomic E-state index is 5.93. The number of hydrogen-bond donors (Lipinski definition) is 2. The molecule has 0 atom stereocenters. The topological polar surface area (TPSA) is 95.9 Å². The van der Waals surface area contributed by atoms with E-state index in [0.717, 1.165) is 22.5 Å². The van der Waals surface area contributed by atoms with Crippen LogP contribution < -0.4 is 25.3 Å². The van der Waals surface area contributed by atoms with Gasteiger partial charge in [-0.05, 0) is 42.0 Å². The van der Waals surface area contributed by atoms with Gasteiger partial charge in [0.2, 0.25) is 5.75 Å². The molecule has 0 saturated carbocycles. The molecule has 8 nitrogen and oxygen atoms in total. The van der Waals surface area contributed by atoms with Crippen molar-refractivity contribution >= 4 is 17.2 Å². The Labute approximate surface area is 174 Å². The quantitative estimate of drug-likeness (QED) is 0.453. The second kappa shape index (κ2) is 8.20. The monoisotopic (exact) mass is 405 g/mol. The molecule has 0 aliphatic rings. The van der Waals surface area contributed by atoms with Crippen LogP contribution in [0.15, 0.2) is 54.7 Å². The van der Waals surface area contributed by atoms with Gasteiger partial charge in [-0.3, -0.25) is 0 Å². The molecular weight excluding hydrogens is 382 g/mol. The maximum Gasteiger partial charge on any atom is 0.203 e. The summed E-state index contributed by atoms with van der Waals surface area (Å²) in [6.45, 7) is 0.525. The summed E-state index contributed by atoms with van der Waals surface area (Å²) < 4.78 is 18.0. The van der Waals surface area contributed by atoms with Crippen LogP contribution in [0.1, 0.15) is 5.56 Å². The average molecular weight is 405 g/mol. The number of methoxy groups -OCH3 is 3. The van der Waals surface area contributed by atoms with Gasteiger partial charge in [0.1, 0.15) is 5.82 Å². The molecule has 0 spiro atoms. The number of aromatic nitrogens is 3. The molecule has 0 radical (unpaired) electrons. The molecule has 4 aromatic rings. The molecule has 2 heterocycles. The van der Waals surface area contributed by atoms with Crippen molar-refractivity contribution in [1.29, 1.82) is 0 Å². The number of rotatable bonds is 7. The lowest BCUT2D eigenvalue weighted by molar-refractivity contribution is 0.324. The minimum atomic E-state index is 0.525. The van der Waals surface area contributed by atoms with Crippen LogP contribution in [0.5, 0.6) is 17.2 Å². The molecule has 0 unspecified atom stereocenters. The maximum atomic E-state index is 5.93. The van der Waals surface area contributed by atoms with E-state index in [1.165, 1.54) is 0 Å². The summed E-state index contributed by atoms with van der Waals surface area (Å²) in [6, 6.07) is 15.3. The summed E-state index contributed by atoms with van der Waals surface area (Å²) in [4.78, 5) is 4.43. The minimum Gasteiger partial charge on any atom is -0.493 e. The van der Waals surface area contributed by atoms with Gasteiger partial charge in [0.05, 0.1) is 33.2 Å². The van der Waals surface area contributed by atoms with Crippen molar-refractivity contribution in [1.82, 2.24) is 14.6 Å². The standard InChI is InChI=1S/C22H23N5O3/c1-28-18-9-14(10-19(29-2)22(18)30-3)12-24-20-7-8-21-25-13-17(27(21)26-20)15-5-4-6-16(23)11-15/h4-11,13H,12,23H2,1-3H3,(H,24,26). The normalized spacial score (nSPS) is 10.8. The first-order chi connectivity index (χ1) is 14.6. The van der Waals surface area contributed by atoms with Crippen molar-refractivity contribution in [3.8, 4) is 28.5 Å². The number of nitrogens with zero attached hydrogens (tertiary/aromatic N) is 3. The van der Waals surface area contributed by atoms with E-state index >= 15 is 0 Å². The Balaban J connectivity index is 1.61. The number of nitrogen functional groups attached to an aromatic ring is 1. The Hall–Kier alpha value is -3.94. The number of fused-ring (bicyclic) bond motifs is 1.